The van der Waals surface area contributed by atoms with E-state index in [-0.39, 0.29) is 30.1 Å². The average molecular weight is 278 g/mol. The van der Waals surface area contributed by atoms with Gasteiger partial charge in [0.15, 0.2) is 0 Å². The molecule has 0 spiro atoms. The minimum absolute atomic E-state index is 0. The quantitative estimate of drug-likeness (QED) is 0.590. The molecule has 0 radical (unpaired) electrons. The van der Waals surface area contributed by atoms with Gasteiger partial charge in [-0.1, -0.05) is 13.8 Å². The van der Waals surface area contributed by atoms with E-state index in [1.165, 1.54) is 0 Å². The van der Waals surface area contributed by atoms with Gasteiger partial charge in [0.05, 0.1) is 6.04 Å². The largest absolute Gasteiger partial charge is 0.354 e. The van der Waals surface area contributed by atoms with Crippen LogP contribution in [-0.4, -0.2) is 30.9 Å². The van der Waals surface area contributed by atoms with Crippen molar-refractivity contribution in [1.29, 1.82) is 0 Å². The molecular weight excluding hydrogens is 254 g/mol. The van der Waals surface area contributed by atoms with E-state index in [0.29, 0.717) is 25.4 Å². The molecule has 0 aliphatic heterocycles. The lowest BCUT2D eigenvalue weighted by Crippen LogP contribution is -2.44. The van der Waals surface area contributed by atoms with Crippen molar-refractivity contribution in [1.82, 2.24) is 10.6 Å². The number of amides is 2. The van der Waals surface area contributed by atoms with Crippen molar-refractivity contribution < 1.29 is 9.59 Å². The number of rotatable bonds is 7. The van der Waals surface area contributed by atoms with E-state index in [1.807, 2.05) is 13.8 Å². The lowest BCUT2D eigenvalue weighted by Gasteiger charge is -2.14. The summed E-state index contributed by atoms with van der Waals surface area (Å²) in [5.74, 6) is 0.587. The van der Waals surface area contributed by atoms with Crippen molar-refractivity contribution in [2.24, 2.45) is 17.6 Å². The molecule has 1 aliphatic rings. The molecule has 0 bridgehead atoms. The zero-order valence-corrected chi connectivity index (χ0v) is 11.9. The van der Waals surface area contributed by atoms with Crippen LogP contribution in [0.15, 0.2) is 0 Å². The molecule has 18 heavy (non-hydrogen) atoms. The molecule has 0 unspecified atom stereocenters. The standard InChI is InChI=1S/C12H23N3O2.ClH/c1-8(2)7-10(13)12(17)15-6-5-14-11(16)9-3-4-9;/h8-10H,3-7,13H2,1-2H3,(H,14,16)(H,15,17);1H/t10-;/m0./s1. The third-order valence-electron chi connectivity index (χ3n) is 2.73. The highest BCUT2D eigenvalue weighted by molar-refractivity contribution is 5.85. The Balaban J connectivity index is 0.00000289. The zero-order valence-electron chi connectivity index (χ0n) is 11.1. The maximum absolute atomic E-state index is 11.5. The highest BCUT2D eigenvalue weighted by atomic mass is 35.5. The molecule has 1 saturated carbocycles. The van der Waals surface area contributed by atoms with Crippen molar-refractivity contribution in [2.45, 2.75) is 39.2 Å². The van der Waals surface area contributed by atoms with Crippen LogP contribution in [-0.2, 0) is 9.59 Å². The SMILES string of the molecule is CC(C)C[C@H](N)C(=O)NCCNC(=O)C1CC1.Cl. The average Bonchev–Trinajstić information content (AvgIpc) is 3.06. The molecule has 0 aromatic heterocycles. The number of carbonyl (C=O) groups is 2. The van der Waals surface area contributed by atoms with Gasteiger partial charge in [0.2, 0.25) is 11.8 Å². The number of carbonyl (C=O) groups excluding carboxylic acids is 2. The summed E-state index contributed by atoms with van der Waals surface area (Å²) < 4.78 is 0. The molecule has 5 nitrogen and oxygen atoms in total. The summed E-state index contributed by atoms with van der Waals surface area (Å²) in [7, 11) is 0. The van der Waals surface area contributed by atoms with Gasteiger partial charge in [-0.2, -0.15) is 0 Å². The van der Waals surface area contributed by atoms with E-state index in [0.717, 1.165) is 12.8 Å². The molecule has 0 heterocycles. The molecule has 6 heteroatoms. The summed E-state index contributed by atoms with van der Waals surface area (Å²) in [6.07, 6.45) is 2.68. The van der Waals surface area contributed by atoms with E-state index < -0.39 is 6.04 Å². The van der Waals surface area contributed by atoms with Crippen molar-refractivity contribution in [2.75, 3.05) is 13.1 Å². The number of halogens is 1. The van der Waals surface area contributed by atoms with Crippen LogP contribution < -0.4 is 16.4 Å². The van der Waals surface area contributed by atoms with Crippen LogP contribution in [0.2, 0.25) is 0 Å². The van der Waals surface area contributed by atoms with Crippen LogP contribution in [0, 0.1) is 11.8 Å². The van der Waals surface area contributed by atoms with Crippen molar-refractivity contribution in [3.05, 3.63) is 0 Å². The van der Waals surface area contributed by atoms with Crippen LogP contribution in [0.3, 0.4) is 0 Å². The Morgan fingerprint density at radius 1 is 1.22 bits per heavy atom. The maximum Gasteiger partial charge on any atom is 0.236 e. The lowest BCUT2D eigenvalue weighted by atomic mass is 10.0. The van der Waals surface area contributed by atoms with E-state index in [4.69, 9.17) is 5.73 Å². The van der Waals surface area contributed by atoms with Gasteiger partial charge in [-0.05, 0) is 25.2 Å². The minimum Gasteiger partial charge on any atom is -0.354 e. The second-order valence-corrected chi connectivity index (χ2v) is 5.09. The summed E-state index contributed by atoms with van der Waals surface area (Å²) >= 11 is 0. The molecule has 106 valence electrons. The third-order valence-corrected chi connectivity index (χ3v) is 2.73. The first-order valence-electron chi connectivity index (χ1n) is 6.31. The fraction of sp³-hybridized carbons (Fsp3) is 0.833. The van der Waals surface area contributed by atoms with Crippen LogP contribution in [0.1, 0.15) is 33.1 Å². The summed E-state index contributed by atoms with van der Waals surface area (Å²) in [5.41, 5.74) is 5.72. The summed E-state index contributed by atoms with van der Waals surface area (Å²) in [4.78, 5) is 22.8. The van der Waals surface area contributed by atoms with Crippen LogP contribution in [0.4, 0.5) is 0 Å². The van der Waals surface area contributed by atoms with E-state index >= 15 is 0 Å². The number of hydrogen-bond donors (Lipinski definition) is 3. The smallest absolute Gasteiger partial charge is 0.236 e. The first-order valence-corrected chi connectivity index (χ1v) is 6.31. The van der Waals surface area contributed by atoms with E-state index in [9.17, 15) is 9.59 Å². The molecule has 1 rings (SSSR count). The lowest BCUT2D eigenvalue weighted by molar-refractivity contribution is -0.124. The predicted octanol–water partition coefficient (Wildman–Crippen LogP) is 0.424. The Hall–Kier alpha value is -0.810. The Morgan fingerprint density at radius 2 is 1.78 bits per heavy atom. The molecule has 1 fully saturated rings. The highest BCUT2D eigenvalue weighted by Gasteiger charge is 2.29. The van der Waals surface area contributed by atoms with Crippen LogP contribution in [0.25, 0.3) is 0 Å². The zero-order chi connectivity index (χ0) is 12.8. The first kappa shape index (κ1) is 17.2. The van der Waals surface area contributed by atoms with Crippen LogP contribution >= 0.6 is 12.4 Å². The molecule has 0 aromatic carbocycles. The van der Waals surface area contributed by atoms with Crippen molar-refractivity contribution in [3.8, 4) is 0 Å². The first-order chi connectivity index (χ1) is 8.00. The van der Waals surface area contributed by atoms with Gasteiger partial charge in [0.1, 0.15) is 0 Å². The maximum atomic E-state index is 11.5. The topological polar surface area (TPSA) is 84.2 Å². The Kier molecular flexibility index (Phi) is 7.95. The van der Waals surface area contributed by atoms with Gasteiger partial charge in [0, 0.05) is 19.0 Å². The number of nitrogens with two attached hydrogens (primary N) is 1. The second kappa shape index (κ2) is 8.32. The van der Waals surface area contributed by atoms with E-state index in [1.54, 1.807) is 0 Å². The fourth-order valence-corrected chi connectivity index (χ4v) is 1.61. The third kappa shape index (κ3) is 6.81. The summed E-state index contributed by atoms with van der Waals surface area (Å²) in [6.45, 7) is 4.99. The van der Waals surface area contributed by atoms with Crippen molar-refractivity contribution in [3.63, 3.8) is 0 Å². The van der Waals surface area contributed by atoms with Gasteiger partial charge >= 0.3 is 0 Å². The van der Waals surface area contributed by atoms with Gasteiger partial charge in [-0.25, -0.2) is 0 Å². The van der Waals surface area contributed by atoms with E-state index in [2.05, 4.69) is 10.6 Å². The monoisotopic (exact) mass is 277 g/mol. The number of hydrogen-bond acceptors (Lipinski definition) is 3. The molecule has 1 aliphatic carbocycles. The normalized spacial score (nSPS) is 15.8. The van der Waals surface area contributed by atoms with Gasteiger partial charge in [0.25, 0.3) is 0 Å². The fourth-order valence-electron chi connectivity index (χ4n) is 1.61. The van der Waals surface area contributed by atoms with Gasteiger partial charge < -0.3 is 16.4 Å². The highest BCUT2D eigenvalue weighted by Crippen LogP contribution is 2.28. The molecule has 4 N–H and O–H groups in total. The predicted molar refractivity (Wildman–Crippen MR) is 73.4 cm³/mol. The molecule has 1 atom stereocenters. The molecule has 0 saturated heterocycles. The second-order valence-electron chi connectivity index (χ2n) is 5.09. The van der Waals surface area contributed by atoms with Gasteiger partial charge in [-0.15, -0.1) is 12.4 Å². The Bertz CT molecular complexity index is 280. The van der Waals surface area contributed by atoms with Gasteiger partial charge in [-0.3, -0.25) is 9.59 Å². The van der Waals surface area contributed by atoms with Crippen LogP contribution in [0.5, 0.6) is 0 Å². The number of nitrogens with one attached hydrogen (secondary N) is 2. The summed E-state index contributed by atoms with van der Waals surface area (Å²) in [6, 6.07) is -0.450. The Labute approximate surface area is 115 Å². The summed E-state index contributed by atoms with van der Waals surface area (Å²) in [5, 5.41) is 5.51. The molecular formula is C12H24ClN3O2. The van der Waals surface area contributed by atoms with Crippen molar-refractivity contribution >= 4 is 24.2 Å². The minimum atomic E-state index is -0.450. The molecule has 0 aromatic rings. The Morgan fingerprint density at radius 3 is 2.28 bits per heavy atom. The molecule has 2 amide bonds.